The Hall–Kier alpha value is -1.60. The SMILES string of the molecule is Cc1cc(/C=C/C(=O)NC2CCN(CCS(C)(=O)=O)CC2)c(C)n1C1CCCCC1. The molecule has 0 atom stereocenters. The van der Waals surface area contributed by atoms with Crippen molar-refractivity contribution < 1.29 is 13.2 Å². The van der Waals surface area contributed by atoms with Gasteiger partial charge in [0.1, 0.15) is 9.84 Å². The molecule has 1 aliphatic heterocycles. The van der Waals surface area contributed by atoms with Crippen molar-refractivity contribution in [2.75, 3.05) is 31.6 Å². The average Bonchev–Trinajstić information content (AvgIpc) is 2.99. The summed E-state index contributed by atoms with van der Waals surface area (Å²) in [4.78, 5) is 14.6. The molecule has 0 aromatic carbocycles. The van der Waals surface area contributed by atoms with Gasteiger partial charge in [0.05, 0.1) is 5.75 Å². The minimum atomic E-state index is -2.92. The van der Waals surface area contributed by atoms with Crippen molar-refractivity contribution in [2.24, 2.45) is 0 Å². The van der Waals surface area contributed by atoms with Crippen LogP contribution < -0.4 is 5.32 Å². The van der Waals surface area contributed by atoms with Gasteiger partial charge in [0.25, 0.3) is 0 Å². The van der Waals surface area contributed by atoms with Gasteiger partial charge in [-0.15, -0.1) is 0 Å². The van der Waals surface area contributed by atoms with Gasteiger partial charge in [-0.1, -0.05) is 19.3 Å². The second-order valence-corrected chi connectivity index (χ2v) is 11.3. The molecule has 7 heteroatoms. The number of rotatable bonds is 7. The van der Waals surface area contributed by atoms with E-state index in [1.807, 2.05) is 6.08 Å². The predicted molar refractivity (Wildman–Crippen MR) is 122 cm³/mol. The molecule has 1 aliphatic carbocycles. The van der Waals surface area contributed by atoms with Crippen LogP contribution in [0.4, 0.5) is 0 Å². The maximum absolute atomic E-state index is 12.4. The summed E-state index contributed by atoms with van der Waals surface area (Å²) in [6.07, 6.45) is 13.1. The molecular weight excluding hydrogens is 398 g/mol. The molecule has 2 fully saturated rings. The van der Waals surface area contributed by atoms with Crippen LogP contribution in [0.3, 0.4) is 0 Å². The Morgan fingerprint density at radius 1 is 1.13 bits per heavy atom. The lowest BCUT2D eigenvalue weighted by Crippen LogP contribution is -2.45. The van der Waals surface area contributed by atoms with Crippen LogP contribution in [0.15, 0.2) is 12.1 Å². The molecule has 0 radical (unpaired) electrons. The molecule has 0 bridgehead atoms. The molecule has 1 saturated heterocycles. The molecule has 0 unspecified atom stereocenters. The number of hydrogen-bond acceptors (Lipinski definition) is 4. The lowest BCUT2D eigenvalue weighted by Gasteiger charge is -2.31. The van der Waals surface area contributed by atoms with Crippen molar-refractivity contribution in [3.8, 4) is 0 Å². The zero-order chi connectivity index (χ0) is 21.7. The van der Waals surface area contributed by atoms with Gasteiger partial charge in [0.2, 0.25) is 5.91 Å². The summed E-state index contributed by atoms with van der Waals surface area (Å²) in [7, 11) is -2.92. The van der Waals surface area contributed by atoms with Crippen LogP contribution in [-0.4, -0.2) is 61.5 Å². The van der Waals surface area contributed by atoms with Crippen molar-refractivity contribution in [1.82, 2.24) is 14.8 Å². The fraction of sp³-hybridized carbons (Fsp3) is 0.696. The second kappa shape index (κ2) is 10.1. The molecule has 1 N–H and O–H groups in total. The van der Waals surface area contributed by atoms with E-state index in [-0.39, 0.29) is 17.7 Å². The lowest BCUT2D eigenvalue weighted by atomic mass is 9.95. The van der Waals surface area contributed by atoms with Gasteiger partial charge in [-0.2, -0.15) is 0 Å². The quantitative estimate of drug-likeness (QED) is 0.668. The van der Waals surface area contributed by atoms with E-state index >= 15 is 0 Å². The third-order valence-electron chi connectivity index (χ3n) is 6.59. The standard InChI is InChI=1S/C23H37N3O3S/c1-18-17-20(19(2)26(18)22-7-5-4-6-8-22)9-10-23(27)24-21-11-13-25(14-12-21)15-16-30(3,28)29/h9-10,17,21-22H,4-8,11-16H2,1-3H3,(H,24,27)/b10-9+. The Morgan fingerprint density at radius 3 is 2.43 bits per heavy atom. The minimum Gasteiger partial charge on any atom is -0.350 e. The number of carbonyl (C=O) groups excluding carboxylic acids is 1. The van der Waals surface area contributed by atoms with Crippen LogP contribution in [0, 0.1) is 13.8 Å². The maximum Gasteiger partial charge on any atom is 0.244 e. The normalized spacial score (nSPS) is 20.1. The molecule has 1 amide bonds. The van der Waals surface area contributed by atoms with Crippen molar-refractivity contribution in [3.63, 3.8) is 0 Å². The Labute approximate surface area is 181 Å². The summed E-state index contributed by atoms with van der Waals surface area (Å²) in [6, 6.07) is 2.95. The number of aromatic nitrogens is 1. The van der Waals surface area contributed by atoms with Crippen LogP contribution in [0.1, 0.15) is 67.9 Å². The number of nitrogens with one attached hydrogen (secondary N) is 1. The molecular formula is C23H37N3O3S. The molecule has 2 heterocycles. The number of nitrogens with zero attached hydrogens (tertiary/aromatic N) is 2. The highest BCUT2D eigenvalue weighted by molar-refractivity contribution is 7.90. The summed E-state index contributed by atoms with van der Waals surface area (Å²) in [5.41, 5.74) is 3.66. The zero-order valence-corrected chi connectivity index (χ0v) is 19.5. The fourth-order valence-corrected chi connectivity index (χ4v) is 5.47. The Balaban J connectivity index is 1.50. The Bertz CT molecular complexity index is 858. The molecule has 30 heavy (non-hydrogen) atoms. The topological polar surface area (TPSA) is 71.4 Å². The van der Waals surface area contributed by atoms with E-state index in [1.54, 1.807) is 6.08 Å². The molecule has 2 aliphatic rings. The van der Waals surface area contributed by atoms with Gasteiger partial charge in [-0.3, -0.25) is 4.79 Å². The van der Waals surface area contributed by atoms with Crippen LogP contribution in [0.25, 0.3) is 6.08 Å². The fourth-order valence-electron chi connectivity index (χ4n) is 4.88. The number of sulfone groups is 1. The molecule has 3 rings (SSSR count). The Morgan fingerprint density at radius 2 is 1.80 bits per heavy atom. The summed E-state index contributed by atoms with van der Waals surface area (Å²) in [6.45, 7) is 6.55. The van der Waals surface area contributed by atoms with Crippen molar-refractivity contribution in [1.29, 1.82) is 0 Å². The van der Waals surface area contributed by atoms with E-state index in [0.717, 1.165) is 31.5 Å². The predicted octanol–water partition coefficient (Wildman–Crippen LogP) is 3.25. The minimum absolute atomic E-state index is 0.0490. The van der Waals surface area contributed by atoms with Gasteiger partial charge in [-0.05, 0) is 57.2 Å². The van der Waals surface area contributed by atoms with E-state index in [1.165, 1.54) is 49.7 Å². The van der Waals surface area contributed by atoms with Crippen molar-refractivity contribution >= 4 is 21.8 Å². The summed E-state index contributed by atoms with van der Waals surface area (Å²) < 4.78 is 25.1. The van der Waals surface area contributed by atoms with Gasteiger partial charge in [-0.25, -0.2) is 8.42 Å². The molecule has 1 aromatic heterocycles. The van der Waals surface area contributed by atoms with Gasteiger partial charge in [0.15, 0.2) is 0 Å². The van der Waals surface area contributed by atoms with E-state index < -0.39 is 9.84 Å². The van der Waals surface area contributed by atoms with E-state index in [4.69, 9.17) is 0 Å². The highest BCUT2D eigenvalue weighted by Gasteiger charge is 2.21. The lowest BCUT2D eigenvalue weighted by molar-refractivity contribution is -0.117. The first kappa shape index (κ1) is 23.1. The zero-order valence-electron chi connectivity index (χ0n) is 18.7. The molecule has 0 spiro atoms. The summed E-state index contributed by atoms with van der Waals surface area (Å²) in [5, 5.41) is 3.11. The van der Waals surface area contributed by atoms with Gasteiger partial charge < -0.3 is 14.8 Å². The number of carbonyl (C=O) groups is 1. The number of hydrogen-bond donors (Lipinski definition) is 1. The maximum atomic E-state index is 12.4. The van der Waals surface area contributed by atoms with Crippen LogP contribution in [-0.2, 0) is 14.6 Å². The second-order valence-electron chi connectivity index (χ2n) is 9.08. The van der Waals surface area contributed by atoms with E-state index in [0.29, 0.717) is 12.6 Å². The third kappa shape index (κ3) is 6.45. The number of piperidine rings is 1. The van der Waals surface area contributed by atoms with E-state index in [9.17, 15) is 13.2 Å². The number of amides is 1. The monoisotopic (exact) mass is 435 g/mol. The molecule has 1 aromatic rings. The van der Waals surface area contributed by atoms with E-state index in [2.05, 4.69) is 34.7 Å². The highest BCUT2D eigenvalue weighted by atomic mass is 32.2. The first-order valence-corrected chi connectivity index (χ1v) is 13.4. The molecule has 168 valence electrons. The number of likely N-dealkylation sites (tertiary alicyclic amines) is 1. The van der Waals surface area contributed by atoms with Crippen molar-refractivity contribution in [3.05, 3.63) is 29.1 Å². The van der Waals surface area contributed by atoms with Crippen LogP contribution in [0.2, 0.25) is 0 Å². The summed E-state index contributed by atoms with van der Waals surface area (Å²) >= 11 is 0. The number of aryl methyl sites for hydroxylation is 1. The van der Waals surface area contributed by atoms with Gasteiger partial charge >= 0.3 is 0 Å². The van der Waals surface area contributed by atoms with Crippen LogP contribution in [0.5, 0.6) is 0 Å². The first-order valence-electron chi connectivity index (χ1n) is 11.3. The smallest absolute Gasteiger partial charge is 0.244 e. The highest BCUT2D eigenvalue weighted by Crippen LogP contribution is 2.32. The summed E-state index contributed by atoms with van der Waals surface area (Å²) in [5.74, 6) is 0.151. The Kier molecular flexibility index (Phi) is 7.80. The van der Waals surface area contributed by atoms with Gasteiger partial charge in [0, 0.05) is 55.4 Å². The van der Waals surface area contributed by atoms with Crippen molar-refractivity contribution in [2.45, 2.75) is 70.9 Å². The molecule has 6 nitrogen and oxygen atoms in total. The third-order valence-corrected chi connectivity index (χ3v) is 7.51. The van der Waals surface area contributed by atoms with Crippen LogP contribution >= 0.6 is 0 Å². The molecule has 1 saturated carbocycles. The average molecular weight is 436 g/mol. The largest absolute Gasteiger partial charge is 0.350 e. The first-order chi connectivity index (χ1) is 14.2.